The average Bonchev–Trinajstić information content (AvgIpc) is 2.30. The molecule has 0 aromatic carbocycles. The fraction of sp³-hybridized carbons (Fsp3) is 0.857. The Morgan fingerprint density at radius 1 is 0.700 bits per heavy atom. The van der Waals surface area contributed by atoms with Gasteiger partial charge in [-0.2, -0.15) is 0 Å². The second-order valence-corrected chi connectivity index (χ2v) is 5.71. The lowest BCUT2D eigenvalue weighted by atomic mass is 10.3. The molecule has 0 aliphatic carbocycles. The Morgan fingerprint density at radius 2 is 1.00 bits per heavy atom. The van der Waals surface area contributed by atoms with E-state index >= 15 is 0 Å². The summed E-state index contributed by atoms with van der Waals surface area (Å²) in [5, 5.41) is 0. The molecule has 0 aromatic heterocycles. The second-order valence-electron chi connectivity index (χ2n) is 5.71. The van der Waals surface area contributed by atoms with Gasteiger partial charge in [-0.3, -0.25) is 0 Å². The summed E-state index contributed by atoms with van der Waals surface area (Å²) < 4.78 is 0. The number of guanidine groups is 2. The molecular formula is C14H32N6. The van der Waals surface area contributed by atoms with Crippen molar-refractivity contribution < 1.29 is 0 Å². The standard InChI is InChI=1S/C14H32N6/c1-10-11-12(15-13(17(2)3)18(4)5)16-14(19(6)7)20(8)9/h12H,10-11H2,1-9H3. The molecule has 0 rings (SSSR count). The van der Waals surface area contributed by atoms with Gasteiger partial charge in [0.2, 0.25) is 0 Å². The normalized spacial score (nSPS) is 10.1. The highest BCUT2D eigenvalue weighted by Crippen LogP contribution is 2.08. The maximum absolute atomic E-state index is 4.80. The fourth-order valence-corrected chi connectivity index (χ4v) is 1.94. The Labute approximate surface area is 124 Å². The van der Waals surface area contributed by atoms with Crippen LogP contribution < -0.4 is 0 Å². The van der Waals surface area contributed by atoms with Gasteiger partial charge in [-0.15, -0.1) is 0 Å². The van der Waals surface area contributed by atoms with Gasteiger partial charge in [0.15, 0.2) is 11.9 Å². The van der Waals surface area contributed by atoms with Gasteiger partial charge in [-0.1, -0.05) is 13.3 Å². The van der Waals surface area contributed by atoms with Crippen molar-refractivity contribution in [1.29, 1.82) is 0 Å². The largest absolute Gasteiger partial charge is 0.349 e. The molecular weight excluding hydrogens is 252 g/mol. The quantitative estimate of drug-likeness (QED) is 0.572. The van der Waals surface area contributed by atoms with E-state index in [9.17, 15) is 0 Å². The molecule has 0 amide bonds. The van der Waals surface area contributed by atoms with E-state index in [0.29, 0.717) is 0 Å². The Kier molecular flexibility index (Phi) is 8.03. The monoisotopic (exact) mass is 284 g/mol. The van der Waals surface area contributed by atoms with Crippen LogP contribution in [0.1, 0.15) is 19.8 Å². The molecule has 118 valence electrons. The van der Waals surface area contributed by atoms with Crippen LogP contribution in [-0.4, -0.2) is 94.1 Å². The maximum atomic E-state index is 4.80. The van der Waals surface area contributed by atoms with Crippen molar-refractivity contribution in [3.05, 3.63) is 0 Å². The third-order valence-electron chi connectivity index (χ3n) is 2.68. The van der Waals surface area contributed by atoms with Crippen LogP contribution >= 0.6 is 0 Å². The second kappa shape index (κ2) is 8.66. The van der Waals surface area contributed by atoms with Crippen molar-refractivity contribution in [3.8, 4) is 0 Å². The molecule has 0 heterocycles. The van der Waals surface area contributed by atoms with Crippen LogP contribution in [0.5, 0.6) is 0 Å². The molecule has 0 aliphatic rings. The summed E-state index contributed by atoms with van der Waals surface area (Å²) in [5.74, 6) is 1.87. The molecule has 0 radical (unpaired) electrons. The van der Waals surface area contributed by atoms with Crippen LogP contribution in [-0.2, 0) is 0 Å². The summed E-state index contributed by atoms with van der Waals surface area (Å²) in [7, 11) is 16.0. The van der Waals surface area contributed by atoms with Crippen LogP contribution in [0.3, 0.4) is 0 Å². The summed E-state index contributed by atoms with van der Waals surface area (Å²) >= 11 is 0. The Bertz CT molecular complexity index is 281. The number of nitrogens with zero attached hydrogens (tertiary/aromatic N) is 6. The highest BCUT2D eigenvalue weighted by Gasteiger charge is 2.13. The van der Waals surface area contributed by atoms with Gasteiger partial charge >= 0.3 is 0 Å². The van der Waals surface area contributed by atoms with Gasteiger partial charge < -0.3 is 19.6 Å². The minimum absolute atomic E-state index is 0.0559. The molecule has 0 fully saturated rings. The van der Waals surface area contributed by atoms with Crippen molar-refractivity contribution in [3.63, 3.8) is 0 Å². The molecule has 0 N–H and O–H groups in total. The number of rotatable bonds is 4. The minimum Gasteiger partial charge on any atom is -0.349 e. The van der Waals surface area contributed by atoms with Gasteiger partial charge in [0.05, 0.1) is 0 Å². The third-order valence-corrected chi connectivity index (χ3v) is 2.68. The highest BCUT2D eigenvalue weighted by atomic mass is 15.4. The zero-order valence-electron chi connectivity index (χ0n) is 14.7. The molecule has 0 bridgehead atoms. The summed E-state index contributed by atoms with van der Waals surface area (Å²) in [6, 6.07) is 0. The lowest BCUT2D eigenvalue weighted by Crippen LogP contribution is -2.38. The molecule has 0 aliphatic heterocycles. The van der Waals surface area contributed by atoms with E-state index in [-0.39, 0.29) is 6.17 Å². The van der Waals surface area contributed by atoms with Crippen molar-refractivity contribution in [2.75, 3.05) is 56.4 Å². The van der Waals surface area contributed by atoms with Gasteiger partial charge in [0, 0.05) is 56.4 Å². The molecule has 6 nitrogen and oxygen atoms in total. The van der Waals surface area contributed by atoms with Gasteiger partial charge in [0.1, 0.15) is 6.17 Å². The number of hydrogen-bond donors (Lipinski definition) is 0. The Hall–Kier alpha value is -1.46. The van der Waals surface area contributed by atoms with Crippen LogP contribution in [0.2, 0.25) is 0 Å². The molecule has 0 unspecified atom stereocenters. The first-order valence-corrected chi connectivity index (χ1v) is 7.05. The zero-order valence-corrected chi connectivity index (χ0v) is 14.7. The van der Waals surface area contributed by atoms with E-state index in [0.717, 1.165) is 24.8 Å². The molecule has 0 spiro atoms. The minimum atomic E-state index is -0.0559. The predicted octanol–water partition coefficient (Wildman–Crippen LogP) is 1.07. The SMILES string of the molecule is CCCC(N=C(N(C)C)N(C)C)N=C(N(C)C)N(C)C. The van der Waals surface area contributed by atoms with E-state index in [1.807, 2.05) is 76.0 Å². The van der Waals surface area contributed by atoms with Gasteiger partial charge in [-0.25, -0.2) is 9.98 Å². The van der Waals surface area contributed by atoms with E-state index in [1.54, 1.807) is 0 Å². The molecule has 0 saturated carbocycles. The van der Waals surface area contributed by atoms with Crippen molar-refractivity contribution in [1.82, 2.24) is 19.6 Å². The van der Waals surface area contributed by atoms with E-state index in [2.05, 4.69) is 6.92 Å². The highest BCUT2D eigenvalue weighted by molar-refractivity contribution is 5.81. The van der Waals surface area contributed by atoms with Crippen LogP contribution in [0.4, 0.5) is 0 Å². The first kappa shape index (κ1) is 18.5. The van der Waals surface area contributed by atoms with Crippen molar-refractivity contribution >= 4 is 11.9 Å². The van der Waals surface area contributed by atoms with E-state index in [4.69, 9.17) is 9.98 Å². The lowest BCUT2D eigenvalue weighted by molar-refractivity contribution is 0.452. The average molecular weight is 284 g/mol. The molecule has 0 saturated heterocycles. The van der Waals surface area contributed by atoms with E-state index in [1.165, 1.54) is 0 Å². The summed E-state index contributed by atoms with van der Waals surface area (Å²) in [6.07, 6.45) is 1.94. The fourth-order valence-electron chi connectivity index (χ4n) is 1.94. The predicted molar refractivity (Wildman–Crippen MR) is 88.3 cm³/mol. The first-order valence-electron chi connectivity index (χ1n) is 7.05. The number of aliphatic imine (C=N–C) groups is 2. The third kappa shape index (κ3) is 6.12. The Morgan fingerprint density at radius 3 is 1.20 bits per heavy atom. The van der Waals surface area contributed by atoms with E-state index < -0.39 is 0 Å². The number of hydrogen-bond acceptors (Lipinski definition) is 2. The molecule has 0 aromatic rings. The van der Waals surface area contributed by atoms with Gasteiger partial charge in [-0.05, 0) is 6.42 Å². The Balaban J connectivity index is 5.42. The first-order chi connectivity index (χ1) is 9.20. The molecule has 0 atom stereocenters. The summed E-state index contributed by atoms with van der Waals surface area (Å²) in [4.78, 5) is 17.7. The maximum Gasteiger partial charge on any atom is 0.197 e. The molecule has 20 heavy (non-hydrogen) atoms. The lowest BCUT2D eigenvalue weighted by Gasteiger charge is -2.26. The van der Waals surface area contributed by atoms with Crippen LogP contribution in [0.15, 0.2) is 9.98 Å². The van der Waals surface area contributed by atoms with Crippen molar-refractivity contribution in [2.24, 2.45) is 9.98 Å². The van der Waals surface area contributed by atoms with Crippen molar-refractivity contribution in [2.45, 2.75) is 25.9 Å². The van der Waals surface area contributed by atoms with Crippen LogP contribution in [0, 0.1) is 0 Å². The summed E-state index contributed by atoms with van der Waals surface area (Å²) in [5.41, 5.74) is 0. The zero-order chi connectivity index (χ0) is 15.9. The van der Waals surface area contributed by atoms with Gasteiger partial charge in [0.25, 0.3) is 0 Å². The van der Waals surface area contributed by atoms with Crippen LogP contribution in [0.25, 0.3) is 0 Å². The molecule has 6 heteroatoms. The topological polar surface area (TPSA) is 37.7 Å². The smallest absolute Gasteiger partial charge is 0.197 e. The summed E-state index contributed by atoms with van der Waals surface area (Å²) in [6.45, 7) is 2.16.